The van der Waals surface area contributed by atoms with Gasteiger partial charge in [-0.3, -0.25) is 0 Å². The number of imidazole rings is 1. The molecule has 1 aromatic heterocycles. The third kappa shape index (κ3) is 3.30. The van der Waals surface area contributed by atoms with E-state index in [4.69, 9.17) is 0 Å². The normalized spacial score (nSPS) is 26.3. The zero-order chi connectivity index (χ0) is 12.3. The monoisotopic (exact) mass is 236 g/mol. The lowest BCUT2D eigenvalue weighted by Gasteiger charge is -2.35. The first-order valence-corrected chi connectivity index (χ1v) is 6.58. The number of hydrogen-bond donors (Lipinski definition) is 1. The molecule has 0 amide bonds. The van der Waals surface area contributed by atoms with Crippen LogP contribution in [0.1, 0.15) is 25.6 Å². The summed E-state index contributed by atoms with van der Waals surface area (Å²) >= 11 is 0. The maximum atomic E-state index is 4.23. The van der Waals surface area contributed by atoms with E-state index >= 15 is 0 Å². The zero-order valence-corrected chi connectivity index (χ0v) is 11.2. The van der Waals surface area contributed by atoms with Gasteiger partial charge in [-0.15, -0.1) is 0 Å². The lowest BCUT2D eigenvalue weighted by molar-refractivity contribution is 0.168. The number of nitrogens with zero attached hydrogens (tertiary/aromatic N) is 3. The van der Waals surface area contributed by atoms with Gasteiger partial charge in [0.15, 0.2) is 0 Å². The molecule has 0 bridgehead atoms. The minimum atomic E-state index is 0.685. The summed E-state index contributed by atoms with van der Waals surface area (Å²) in [5, 5.41) is 3.66. The topological polar surface area (TPSA) is 33.1 Å². The van der Waals surface area contributed by atoms with Crippen LogP contribution in [0.4, 0.5) is 0 Å². The van der Waals surface area contributed by atoms with E-state index in [-0.39, 0.29) is 0 Å². The average molecular weight is 236 g/mol. The predicted octanol–water partition coefficient (Wildman–Crippen LogP) is 1.26. The van der Waals surface area contributed by atoms with Crippen LogP contribution in [0.2, 0.25) is 0 Å². The highest BCUT2D eigenvalue weighted by molar-refractivity contribution is 4.88. The minimum Gasteiger partial charge on any atom is -0.334 e. The molecule has 96 valence electrons. The van der Waals surface area contributed by atoms with Gasteiger partial charge in [-0.1, -0.05) is 0 Å². The standard InChI is InChI=1S/C13H24N4/c1-11-10-13(4-7-16(11)3)15-6-9-17-8-5-14-12(17)2/h5,8,11,13,15H,4,6-7,9-10H2,1-3H3. The van der Waals surface area contributed by atoms with Crippen LogP contribution in [0.25, 0.3) is 0 Å². The second-order valence-corrected chi connectivity index (χ2v) is 5.17. The summed E-state index contributed by atoms with van der Waals surface area (Å²) in [4.78, 5) is 6.68. The van der Waals surface area contributed by atoms with E-state index in [2.05, 4.69) is 40.7 Å². The van der Waals surface area contributed by atoms with E-state index < -0.39 is 0 Å². The summed E-state index contributed by atoms with van der Waals surface area (Å²) < 4.78 is 2.20. The van der Waals surface area contributed by atoms with Crippen molar-refractivity contribution in [3.63, 3.8) is 0 Å². The van der Waals surface area contributed by atoms with Crippen molar-refractivity contribution in [3.05, 3.63) is 18.2 Å². The first-order chi connectivity index (χ1) is 8.16. The first kappa shape index (κ1) is 12.6. The molecule has 1 aliphatic rings. The highest BCUT2D eigenvalue weighted by Crippen LogP contribution is 2.14. The highest BCUT2D eigenvalue weighted by atomic mass is 15.1. The Morgan fingerprint density at radius 2 is 2.35 bits per heavy atom. The van der Waals surface area contributed by atoms with Gasteiger partial charge < -0.3 is 14.8 Å². The molecular formula is C13H24N4. The number of piperidine rings is 1. The fraction of sp³-hybridized carbons (Fsp3) is 0.769. The van der Waals surface area contributed by atoms with Crippen LogP contribution in [-0.2, 0) is 6.54 Å². The van der Waals surface area contributed by atoms with Crippen molar-refractivity contribution in [2.24, 2.45) is 0 Å². The number of rotatable bonds is 4. The van der Waals surface area contributed by atoms with Crippen LogP contribution in [0.3, 0.4) is 0 Å². The van der Waals surface area contributed by atoms with Crippen molar-refractivity contribution in [1.29, 1.82) is 0 Å². The summed E-state index contributed by atoms with van der Waals surface area (Å²) in [6.07, 6.45) is 6.45. The smallest absolute Gasteiger partial charge is 0.105 e. The second kappa shape index (κ2) is 5.65. The van der Waals surface area contributed by atoms with Gasteiger partial charge in [0.2, 0.25) is 0 Å². The van der Waals surface area contributed by atoms with E-state index in [0.717, 1.165) is 18.9 Å². The van der Waals surface area contributed by atoms with Crippen molar-refractivity contribution in [2.45, 2.75) is 45.3 Å². The molecule has 2 rings (SSSR count). The van der Waals surface area contributed by atoms with E-state index in [9.17, 15) is 0 Å². The average Bonchev–Trinajstić information content (AvgIpc) is 2.70. The Kier molecular flexibility index (Phi) is 4.18. The number of likely N-dealkylation sites (tertiary alicyclic amines) is 1. The molecule has 1 aliphatic heterocycles. The van der Waals surface area contributed by atoms with Gasteiger partial charge in [0.1, 0.15) is 5.82 Å². The number of hydrogen-bond acceptors (Lipinski definition) is 3. The Morgan fingerprint density at radius 1 is 1.53 bits per heavy atom. The number of aryl methyl sites for hydroxylation is 1. The Hall–Kier alpha value is -0.870. The largest absolute Gasteiger partial charge is 0.334 e. The molecule has 1 saturated heterocycles. The molecule has 1 N–H and O–H groups in total. The van der Waals surface area contributed by atoms with Crippen LogP contribution < -0.4 is 5.32 Å². The van der Waals surface area contributed by atoms with Gasteiger partial charge >= 0.3 is 0 Å². The van der Waals surface area contributed by atoms with Crippen molar-refractivity contribution < 1.29 is 0 Å². The van der Waals surface area contributed by atoms with Crippen LogP contribution >= 0.6 is 0 Å². The van der Waals surface area contributed by atoms with Gasteiger partial charge in [0.05, 0.1) is 0 Å². The van der Waals surface area contributed by atoms with Gasteiger partial charge in [0, 0.05) is 37.6 Å². The lowest BCUT2D eigenvalue weighted by Crippen LogP contribution is -2.46. The van der Waals surface area contributed by atoms with Gasteiger partial charge in [0.25, 0.3) is 0 Å². The van der Waals surface area contributed by atoms with Crippen molar-refractivity contribution in [3.8, 4) is 0 Å². The molecular weight excluding hydrogens is 212 g/mol. The highest BCUT2D eigenvalue weighted by Gasteiger charge is 2.21. The molecule has 2 unspecified atom stereocenters. The van der Waals surface area contributed by atoms with Gasteiger partial charge in [-0.25, -0.2) is 4.98 Å². The van der Waals surface area contributed by atoms with E-state index in [1.54, 1.807) is 0 Å². The zero-order valence-electron chi connectivity index (χ0n) is 11.2. The maximum Gasteiger partial charge on any atom is 0.105 e. The van der Waals surface area contributed by atoms with Crippen molar-refractivity contribution in [2.75, 3.05) is 20.1 Å². The Bertz CT molecular complexity index is 347. The molecule has 2 heterocycles. The quantitative estimate of drug-likeness (QED) is 0.854. The Balaban J connectivity index is 1.71. The molecule has 1 aromatic rings. The predicted molar refractivity (Wildman–Crippen MR) is 70.1 cm³/mol. The summed E-state index contributed by atoms with van der Waals surface area (Å²) in [6, 6.07) is 1.39. The molecule has 0 aromatic carbocycles. The summed E-state index contributed by atoms with van der Waals surface area (Å²) in [5.74, 6) is 1.10. The Morgan fingerprint density at radius 3 is 3.00 bits per heavy atom. The van der Waals surface area contributed by atoms with E-state index in [1.807, 2.05) is 12.4 Å². The Labute approximate surface area is 104 Å². The molecule has 2 atom stereocenters. The fourth-order valence-electron chi connectivity index (χ4n) is 2.50. The molecule has 0 spiro atoms. The van der Waals surface area contributed by atoms with Gasteiger partial charge in [-0.2, -0.15) is 0 Å². The van der Waals surface area contributed by atoms with Gasteiger partial charge in [-0.05, 0) is 40.3 Å². The molecule has 17 heavy (non-hydrogen) atoms. The molecule has 4 heteroatoms. The fourth-order valence-corrected chi connectivity index (χ4v) is 2.50. The number of aromatic nitrogens is 2. The summed E-state index contributed by atoms with van der Waals surface area (Å²) in [5.41, 5.74) is 0. The molecule has 0 saturated carbocycles. The number of nitrogens with one attached hydrogen (secondary N) is 1. The molecule has 0 radical (unpaired) electrons. The summed E-state index contributed by atoms with van der Waals surface area (Å²) in [7, 11) is 2.22. The first-order valence-electron chi connectivity index (χ1n) is 6.58. The molecule has 0 aliphatic carbocycles. The van der Waals surface area contributed by atoms with Crippen LogP contribution in [-0.4, -0.2) is 46.7 Å². The maximum absolute atomic E-state index is 4.23. The van der Waals surface area contributed by atoms with Crippen LogP contribution in [0.15, 0.2) is 12.4 Å². The third-order valence-electron chi connectivity index (χ3n) is 3.92. The van der Waals surface area contributed by atoms with Crippen molar-refractivity contribution >= 4 is 0 Å². The molecule has 1 fully saturated rings. The van der Waals surface area contributed by atoms with E-state index in [0.29, 0.717) is 12.1 Å². The van der Waals surface area contributed by atoms with Crippen molar-refractivity contribution in [1.82, 2.24) is 19.8 Å². The lowest BCUT2D eigenvalue weighted by atomic mass is 9.99. The SMILES string of the molecule is Cc1nccn1CCNC1CCN(C)C(C)C1. The van der Waals surface area contributed by atoms with Crippen LogP contribution in [0.5, 0.6) is 0 Å². The second-order valence-electron chi connectivity index (χ2n) is 5.17. The summed E-state index contributed by atoms with van der Waals surface area (Å²) in [6.45, 7) is 7.64. The third-order valence-corrected chi connectivity index (χ3v) is 3.92. The molecule has 4 nitrogen and oxygen atoms in total. The van der Waals surface area contributed by atoms with E-state index in [1.165, 1.54) is 19.4 Å². The minimum absolute atomic E-state index is 0.685. The van der Waals surface area contributed by atoms with Crippen LogP contribution in [0, 0.1) is 6.92 Å².